The Kier molecular flexibility index (Phi) is 2.49. The fourth-order valence-corrected chi connectivity index (χ4v) is 3.10. The van der Waals surface area contributed by atoms with Crippen LogP contribution in [0.4, 0.5) is 0 Å². The highest BCUT2D eigenvalue weighted by Gasteiger charge is 2.19. The monoisotopic (exact) mass is 293 g/mol. The van der Waals surface area contributed by atoms with Crippen molar-refractivity contribution in [2.45, 2.75) is 6.61 Å². The molecular formula is C17H11NO4. The Morgan fingerprint density at radius 1 is 1.05 bits per heavy atom. The van der Waals surface area contributed by atoms with E-state index < -0.39 is 10.9 Å². The van der Waals surface area contributed by atoms with E-state index in [1.807, 2.05) is 0 Å². The molecule has 0 fully saturated rings. The van der Waals surface area contributed by atoms with Crippen LogP contribution in [0.2, 0.25) is 0 Å². The van der Waals surface area contributed by atoms with Crippen molar-refractivity contribution in [3.63, 3.8) is 0 Å². The number of aromatic hydroxyl groups is 1. The first-order valence-electron chi connectivity index (χ1n) is 6.78. The van der Waals surface area contributed by atoms with Gasteiger partial charge in [0.15, 0.2) is 0 Å². The van der Waals surface area contributed by atoms with Crippen molar-refractivity contribution in [2.24, 2.45) is 0 Å². The van der Waals surface area contributed by atoms with E-state index in [4.69, 9.17) is 0 Å². The van der Waals surface area contributed by atoms with Crippen molar-refractivity contribution in [2.75, 3.05) is 0 Å². The van der Waals surface area contributed by atoms with Crippen molar-refractivity contribution in [3.8, 4) is 5.75 Å². The number of benzene rings is 1. The van der Waals surface area contributed by atoms with Crippen LogP contribution >= 0.6 is 0 Å². The lowest BCUT2D eigenvalue weighted by Crippen LogP contribution is -2.22. The van der Waals surface area contributed by atoms with Gasteiger partial charge >= 0.3 is 0 Å². The molecule has 0 amide bonds. The normalized spacial score (nSPS) is 11.7. The van der Waals surface area contributed by atoms with E-state index in [0.717, 1.165) is 0 Å². The first-order chi connectivity index (χ1) is 10.6. The summed E-state index contributed by atoms with van der Waals surface area (Å²) in [7, 11) is 0. The van der Waals surface area contributed by atoms with Gasteiger partial charge in [0.05, 0.1) is 12.1 Å². The van der Waals surface area contributed by atoms with Gasteiger partial charge in [-0.2, -0.15) is 0 Å². The highest BCUT2D eigenvalue weighted by molar-refractivity contribution is 6.29. The summed E-state index contributed by atoms with van der Waals surface area (Å²) in [6.07, 6.45) is 1.69. The van der Waals surface area contributed by atoms with Gasteiger partial charge in [0, 0.05) is 33.3 Å². The van der Waals surface area contributed by atoms with Gasteiger partial charge in [-0.25, -0.2) is 0 Å². The second-order valence-corrected chi connectivity index (χ2v) is 5.24. The summed E-state index contributed by atoms with van der Waals surface area (Å²) in [5, 5.41) is 22.3. The number of H-pyrrole nitrogens is 1. The lowest BCUT2D eigenvalue weighted by Gasteiger charge is -1.98. The molecule has 1 heterocycles. The highest BCUT2D eigenvalue weighted by Crippen LogP contribution is 2.39. The average molecular weight is 293 g/mol. The predicted molar refractivity (Wildman–Crippen MR) is 84.6 cm³/mol. The third kappa shape index (κ3) is 1.46. The Morgan fingerprint density at radius 3 is 2.64 bits per heavy atom. The molecule has 3 aromatic carbocycles. The first kappa shape index (κ1) is 12.8. The predicted octanol–water partition coefficient (Wildman–Crippen LogP) is 1.83. The van der Waals surface area contributed by atoms with Crippen molar-refractivity contribution >= 4 is 32.4 Å². The fourth-order valence-electron chi connectivity index (χ4n) is 3.10. The second kappa shape index (κ2) is 4.29. The summed E-state index contributed by atoms with van der Waals surface area (Å²) in [4.78, 5) is 27.4. The summed E-state index contributed by atoms with van der Waals surface area (Å²) in [6, 6.07) is 8.07. The molecule has 0 saturated heterocycles. The van der Waals surface area contributed by atoms with Crippen LogP contribution in [0, 0.1) is 0 Å². The van der Waals surface area contributed by atoms with Gasteiger partial charge < -0.3 is 15.2 Å². The number of rotatable bonds is 1. The quantitative estimate of drug-likeness (QED) is 0.467. The van der Waals surface area contributed by atoms with Gasteiger partial charge in [0.1, 0.15) is 5.75 Å². The SMILES string of the molecule is O=c1cc2cc[nH]c3c4cccc(CO)c(O)c4c(c1=O)c23. The van der Waals surface area contributed by atoms with Crippen LogP contribution in [0.25, 0.3) is 32.4 Å². The maximum atomic E-state index is 12.4. The Morgan fingerprint density at radius 2 is 1.86 bits per heavy atom. The molecule has 5 nitrogen and oxygen atoms in total. The zero-order valence-electron chi connectivity index (χ0n) is 11.4. The number of hydrogen-bond acceptors (Lipinski definition) is 4. The Hall–Kier alpha value is -2.92. The Bertz CT molecular complexity index is 1160. The van der Waals surface area contributed by atoms with Gasteiger partial charge in [0.25, 0.3) is 0 Å². The first-order valence-corrected chi connectivity index (χ1v) is 6.78. The molecule has 5 heteroatoms. The summed E-state index contributed by atoms with van der Waals surface area (Å²) in [5.74, 6) is -0.170. The molecule has 0 radical (unpaired) electrons. The van der Waals surface area contributed by atoms with Crippen LogP contribution in [0.15, 0.2) is 46.1 Å². The average Bonchev–Trinajstić information content (AvgIpc) is 2.75. The van der Waals surface area contributed by atoms with Crippen LogP contribution in [0.1, 0.15) is 5.56 Å². The molecule has 22 heavy (non-hydrogen) atoms. The molecule has 3 N–H and O–H groups in total. The topological polar surface area (TPSA) is 90.4 Å². The third-order valence-corrected chi connectivity index (χ3v) is 4.08. The standard InChI is InChI=1S/C17H11NO4/c19-7-9-2-1-3-10-13(16(9)21)14-12-8(4-5-18-15(10)12)6-11(20)17(14)22/h1-6,18-19,21H,7H2. The van der Waals surface area contributed by atoms with Crippen LogP contribution in [0.5, 0.6) is 5.75 Å². The molecule has 0 aliphatic rings. The Balaban J connectivity index is 2.51. The van der Waals surface area contributed by atoms with Crippen molar-refractivity contribution in [1.82, 2.24) is 4.98 Å². The van der Waals surface area contributed by atoms with Gasteiger partial charge in [-0.15, -0.1) is 0 Å². The molecule has 0 bridgehead atoms. The number of pyridine rings is 1. The van der Waals surface area contributed by atoms with Crippen LogP contribution in [-0.2, 0) is 6.61 Å². The maximum Gasteiger partial charge on any atom is 0.234 e. The van der Waals surface area contributed by atoms with E-state index in [-0.39, 0.29) is 17.7 Å². The number of aliphatic hydroxyl groups is 1. The number of fused-ring (bicyclic) bond motifs is 3. The largest absolute Gasteiger partial charge is 0.507 e. The van der Waals surface area contributed by atoms with E-state index >= 15 is 0 Å². The van der Waals surface area contributed by atoms with Crippen LogP contribution in [0.3, 0.4) is 0 Å². The van der Waals surface area contributed by atoms with Crippen molar-refractivity contribution < 1.29 is 10.2 Å². The molecular weight excluding hydrogens is 282 g/mol. The summed E-state index contributed by atoms with van der Waals surface area (Å²) < 4.78 is 0. The molecule has 108 valence electrons. The summed E-state index contributed by atoms with van der Waals surface area (Å²) in [5.41, 5.74) is -0.255. The lowest BCUT2D eigenvalue weighted by molar-refractivity contribution is 0.276. The molecule has 4 aromatic rings. The van der Waals surface area contributed by atoms with Gasteiger partial charge in [-0.05, 0) is 17.5 Å². The van der Waals surface area contributed by atoms with E-state index in [9.17, 15) is 19.8 Å². The second-order valence-electron chi connectivity index (χ2n) is 5.24. The number of hydrogen-bond donors (Lipinski definition) is 3. The van der Waals surface area contributed by atoms with E-state index in [1.54, 1.807) is 30.5 Å². The lowest BCUT2D eigenvalue weighted by atomic mass is 10.1. The van der Waals surface area contributed by atoms with Crippen LogP contribution < -0.4 is 10.9 Å². The number of nitrogens with one attached hydrogen (secondary N) is 1. The van der Waals surface area contributed by atoms with Crippen molar-refractivity contribution in [1.29, 1.82) is 0 Å². The highest BCUT2D eigenvalue weighted by atomic mass is 16.3. The molecule has 0 aliphatic heterocycles. The molecule has 0 unspecified atom stereocenters. The van der Waals surface area contributed by atoms with Gasteiger partial charge in [0.2, 0.25) is 10.9 Å². The van der Waals surface area contributed by atoms with Gasteiger partial charge in [-0.3, -0.25) is 9.59 Å². The summed E-state index contributed by atoms with van der Waals surface area (Å²) in [6.45, 7) is -0.360. The van der Waals surface area contributed by atoms with E-state index in [1.165, 1.54) is 6.07 Å². The number of aromatic nitrogens is 1. The van der Waals surface area contributed by atoms with E-state index in [2.05, 4.69) is 4.98 Å². The molecule has 0 saturated carbocycles. The molecule has 0 spiro atoms. The van der Waals surface area contributed by atoms with Crippen LogP contribution in [-0.4, -0.2) is 15.2 Å². The number of aromatic amines is 1. The van der Waals surface area contributed by atoms with E-state index in [0.29, 0.717) is 32.6 Å². The molecule has 4 rings (SSSR count). The minimum absolute atomic E-state index is 0.170. The Labute approximate surface area is 123 Å². The molecule has 0 atom stereocenters. The zero-order valence-corrected chi connectivity index (χ0v) is 11.4. The third-order valence-electron chi connectivity index (χ3n) is 4.08. The van der Waals surface area contributed by atoms with Gasteiger partial charge in [-0.1, -0.05) is 18.2 Å². The zero-order chi connectivity index (χ0) is 15.4. The summed E-state index contributed by atoms with van der Waals surface area (Å²) >= 11 is 0. The number of aliphatic hydroxyl groups excluding tert-OH is 1. The molecule has 0 aliphatic carbocycles. The maximum absolute atomic E-state index is 12.4. The molecule has 1 aromatic heterocycles. The minimum atomic E-state index is -0.641. The minimum Gasteiger partial charge on any atom is -0.507 e. The fraction of sp³-hybridized carbons (Fsp3) is 0.0588. The smallest absolute Gasteiger partial charge is 0.234 e. The van der Waals surface area contributed by atoms with Crippen molar-refractivity contribution in [3.05, 3.63) is 62.5 Å².